The molecule has 0 aliphatic heterocycles. The molecular weight excluding hydrogens is 206 g/mol. The maximum atomic E-state index is 11.2. The summed E-state index contributed by atoms with van der Waals surface area (Å²) < 4.78 is 6.71. The Morgan fingerprint density at radius 3 is 3.06 bits per heavy atom. The summed E-state index contributed by atoms with van der Waals surface area (Å²) in [5, 5.41) is 3.08. The van der Waals surface area contributed by atoms with Crippen LogP contribution in [0.15, 0.2) is 12.4 Å². The quantitative estimate of drug-likeness (QED) is 0.732. The average Bonchev–Trinajstić information content (AvgIpc) is 2.73. The number of nitrogens with zero attached hydrogens (tertiary/aromatic N) is 2. The standard InChI is InChI=1S/C11H19N3O2/c1-4-6-14-7-5-12-10(14)8-13-9(2)11(15)16-3/h5,7,9,13H,4,6,8H2,1-3H3/t9-/m0/s1. The van der Waals surface area contributed by atoms with E-state index in [2.05, 4.69) is 26.5 Å². The second kappa shape index (κ2) is 6.27. The summed E-state index contributed by atoms with van der Waals surface area (Å²) in [6.07, 6.45) is 4.79. The summed E-state index contributed by atoms with van der Waals surface area (Å²) in [4.78, 5) is 15.4. The molecule has 0 spiro atoms. The highest BCUT2D eigenvalue weighted by Gasteiger charge is 2.12. The molecule has 5 heteroatoms. The minimum Gasteiger partial charge on any atom is -0.468 e. The number of methoxy groups -OCH3 is 1. The van der Waals surface area contributed by atoms with Crippen molar-refractivity contribution in [3.8, 4) is 0 Å². The Balaban J connectivity index is 2.47. The van der Waals surface area contributed by atoms with Crippen LogP contribution in [-0.4, -0.2) is 28.7 Å². The molecule has 1 aromatic rings. The summed E-state index contributed by atoms with van der Waals surface area (Å²) in [6.45, 7) is 5.42. The van der Waals surface area contributed by atoms with Gasteiger partial charge in [0.2, 0.25) is 0 Å². The molecule has 1 heterocycles. The summed E-state index contributed by atoms with van der Waals surface area (Å²) in [5.74, 6) is 0.686. The number of esters is 1. The zero-order chi connectivity index (χ0) is 12.0. The smallest absolute Gasteiger partial charge is 0.322 e. The fourth-order valence-electron chi connectivity index (χ4n) is 1.46. The molecule has 0 unspecified atom stereocenters. The van der Waals surface area contributed by atoms with Crippen molar-refractivity contribution in [2.24, 2.45) is 0 Å². The molecule has 1 aromatic heterocycles. The van der Waals surface area contributed by atoms with Gasteiger partial charge in [0, 0.05) is 18.9 Å². The van der Waals surface area contributed by atoms with Gasteiger partial charge in [0.15, 0.2) is 0 Å². The second-order valence-electron chi connectivity index (χ2n) is 3.66. The first-order valence-electron chi connectivity index (χ1n) is 5.50. The van der Waals surface area contributed by atoms with Crippen LogP contribution in [0.1, 0.15) is 26.1 Å². The van der Waals surface area contributed by atoms with Crippen molar-refractivity contribution in [3.05, 3.63) is 18.2 Å². The Morgan fingerprint density at radius 2 is 2.44 bits per heavy atom. The maximum Gasteiger partial charge on any atom is 0.322 e. The molecule has 1 rings (SSSR count). The van der Waals surface area contributed by atoms with E-state index in [1.54, 1.807) is 13.1 Å². The number of hydrogen-bond donors (Lipinski definition) is 1. The summed E-state index contributed by atoms with van der Waals surface area (Å²) in [6, 6.07) is -0.309. The van der Waals surface area contributed by atoms with Gasteiger partial charge in [-0.15, -0.1) is 0 Å². The Morgan fingerprint density at radius 1 is 1.69 bits per heavy atom. The van der Waals surface area contributed by atoms with Gasteiger partial charge in [-0.2, -0.15) is 0 Å². The number of rotatable bonds is 6. The highest BCUT2D eigenvalue weighted by Crippen LogP contribution is 2.00. The maximum absolute atomic E-state index is 11.2. The van der Waals surface area contributed by atoms with E-state index in [1.165, 1.54) is 7.11 Å². The molecule has 0 aromatic carbocycles. The minimum atomic E-state index is -0.309. The predicted molar refractivity (Wildman–Crippen MR) is 60.8 cm³/mol. The van der Waals surface area contributed by atoms with Crippen molar-refractivity contribution < 1.29 is 9.53 Å². The molecule has 0 fully saturated rings. The molecule has 0 radical (unpaired) electrons. The fourth-order valence-corrected chi connectivity index (χ4v) is 1.46. The number of aryl methyl sites for hydroxylation is 1. The van der Waals surface area contributed by atoms with E-state index in [0.29, 0.717) is 6.54 Å². The summed E-state index contributed by atoms with van der Waals surface area (Å²) in [5.41, 5.74) is 0. The number of hydrogen-bond acceptors (Lipinski definition) is 4. The van der Waals surface area contributed by atoms with Crippen molar-refractivity contribution in [3.63, 3.8) is 0 Å². The van der Waals surface area contributed by atoms with Crippen LogP contribution in [0.3, 0.4) is 0 Å². The molecule has 0 amide bonds. The lowest BCUT2D eigenvalue weighted by molar-refractivity contribution is -0.142. The normalized spacial score (nSPS) is 12.4. The van der Waals surface area contributed by atoms with Crippen LogP contribution in [-0.2, 0) is 22.6 Å². The molecule has 0 aliphatic rings. The number of aromatic nitrogens is 2. The van der Waals surface area contributed by atoms with Crippen LogP contribution in [0.25, 0.3) is 0 Å². The van der Waals surface area contributed by atoms with Gasteiger partial charge in [0.05, 0.1) is 13.7 Å². The van der Waals surface area contributed by atoms with Gasteiger partial charge in [-0.05, 0) is 13.3 Å². The monoisotopic (exact) mass is 225 g/mol. The van der Waals surface area contributed by atoms with E-state index in [-0.39, 0.29) is 12.0 Å². The third-order valence-electron chi connectivity index (χ3n) is 2.39. The van der Waals surface area contributed by atoms with Crippen LogP contribution in [0, 0.1) is 0 Å². The first-order chi connectivity index (χ1) is 7.69. The zero-order valence-corrected chi connectivity index (χ0v) is 10.1. The van der Waals surface area contributed by atoms with Crippen molar-refractivity contribution in [1.82, 2.24) is 14.9 Å². The van der Waals surface area contributed by atoms with E-state index in [0.717, 1.165) is 18.8 Å². The molecule has 5 nitrogen and oxygen atoms in total. The van der Waals surface area contributed by atoms with Gasteiger partial charge in [0.25, 0.3) is 0 Å². The van der Waals surface area contributed by atoms with E-state index in [1.807, 2.05) is 6.20 Å². The number of imidazole rings is 1. The number of nitrogens with one attached hydrogen (secondary N) is 1. The summed E-state index contributed by atoms with van der Waals surface area (Å²) >= 11 is 0. The first kappa shape index (κ1) is 12.7. The van der Waals surface area contributed by atoms with E-state index >= 15 is 0 Å². The fraction of sp³-hybridized carbons (Fsp3) is 0.636. The molecule has 1 N–H and O–H groups in total. The molecule has 1 atom stereocenters. The average molecular weight is 225 g/mol. The largest absolute Gasteiger partial charge is 0.468 e. The zero-order valence-electron chi connectivity index (χ0n) is 10.1. The van der Waals surface area contributed by atoms with Crippen LogP contribution >= 0.6 is 0 Å². The highest BCUT2D eigenvalue weighted by molar-refractivity contribution is 5.74. The topological polar surface area (TPSA) is 56.2 Å². The molecule has 0 aliphatic carbocycles. The predicted octanol–water partition coefficient (Wildman–Crippen LogP) is 0.944. The van der Waals surface area contributed by atoms with Crippen LogP contribution in [0.5, 0.6) is 0 Å². The molecule has 16 heavy (non-hydrogen) atoms. The van der Waals surface area contributed by atoms with Crippen molar-refractivity contribution >= 4 is 5.97 Å². The Hall–Kier alpha value is -1.36. The second-order valence-corrected chi connectivity index (χ2v) is 3.66. The number of carbonyl (C=O) groups is 1. The van der Waals surface area contributed by atoms with Gasteiger partial charge in [0.1, 0.15) is 11.9 Å². The molecule has 90 valence electrons. The molecule has 0 bridgehead atoms. The minimum absolute atomic E-state index is 0.256. The van der Waals surface area contributed by atoms with Gasteiger partial charge < -0.3 is 9.30 Å². The van der Waals surface area contributed by atoms with E-state index in [4.69, 9.17) is 0 Å². The summed E-state index contributed by atoms with van der Waals surface area (Å²) in [7, 11) is 1.39. The van der Waals surface area contributed by atoms with Gasteiger partial charge in [-0.3, -0.25) is 10.1 Å². The molecule has 0 saturated carbocycles. The van der Waals surface area contributed by atoms with Gasteiger partial charge >= 0.3 is 5.97 Å². The Bertz CT molecular complexity index is 336. The van der Waals surface area contributed by atoms with Gasteiger partial charge in [-0.25, -0.2) is 4.98 Å². The Labute approximate surface area is 95.8 Å². The third-order valence-corrected chi connectivity index (χ3v) is 2.39. The SMILES string of the molecule is CCCn1ccnc1CN[C@@H](C)C(=O)OC. The number of ether oxygens (including phenoxy) is 1. The van der Waals surface area contributed by atoms with Crippen LogP contribution in [0.4, 0.5) is 0 Å². The number of carbonyl (C=O) groups excluding carboxylic acids is 1. The van der Waals surface area contributed by atoms with Gasteiger partial charge in [-0.1, -0.05) is 6.92 Å². The van der Waals surface area contributed by atoms with Crippen molar-refractivity contribution in [1.29, 1.82) is 0 Å². The molecular formula is C11H19N3O2. The van der Waals surface area contributed by atoms with E-state index in [9.17, 15) is 4.79 Å². The third kappa shape index (κ3) is 3.34. The first-order valence-corrected chi connectivity index (χ1v) is 5.50. The van der Waals surface area contributed by atoms with Crippen LogP contribution < -0.4 is 5.32 Å². The lowest BCUT2D eigenvalue weighted by atomic mass is 10.3. The molecule has 0 saturated heterocycles. The lowest BCUT2D eigenvalue weighted by Crippen LogP contribution is -2.35. The Kier molecular flexibility index (Phi) is 4.98. The van der Waals surface area contributed by atoms with Crippen molar-refractivity contribution in [2.45, 2.75) is 39.4 Å². The lowest BCUT2D eigenvalue weighted by Gasteiger charge is -2.12. The van der Waals surface area contributed by atoms with Crippen molar-refractivity contribution in [2.75, 3.05) is 7.11 Å². The highest BCUT2D eigenvalue weighted by atomic mass is 16.5. The van der Waals surface area contributed by atoms with E-state index < -0.39 is 0 Å². The van der Waals surface area contributed by atoms with Crippen LogP contribution in [0.2, 0.25) is 0 Å².